The monoisotopic (exact) mass is 261 g/mol. The predicted molar refractivity (Wildman–Crippen MR) is 75.8 cm³/mol. The van der Waals surface area contributed by atoms with Crippen LogP contribution in [0.5, 0.6) is 0 Å². The summed E-state index contributed by atoms with van der Waals surface area (Å²) >= 11 is 0. The largest absolute Gasteiger partial charge is 0.323 e. The highest BCUT2D eigenvalue weighted by Crippen LogP contribution is 2.15. The van der Waals surface area contributed by atoms with E-state index in [9.17, 15) is 0 Å². The number of benzene rings is 2. The Morgan fingerprint density at radius 1 is 1.05 bits per heavy atom. The minimum absolute atomic E-state index is 0.490. The SMILES string of the molecule is N#Cc1cccc(Nc2ncn(-c3ccccc3)n2)c1. The summed E-state index contributed by atoms with van der Waals surface area (Å²) in [6, 6.07) is 19.0. The van der Waals surface area contributed by atoms with Gasteiger partial charge in [0.1, 0.15) is 6.33 Å². The van der Waals surface area contributed by atoms with Crippen molar-refractivity contribution in [2.24, 2.45) is 0 Å². The lowest BCUT2D eigenvalue weighted by Crippen LogP contribution is -1.97. The molecule has 3 aromatic rings. The van der Waals surface area contributed by atoms with Crippen LogP contribution in [0, 0.1) is 11.3 Å². The lowest BCUT2D eigenvalue weighted by molar-refractivity contribution is 0.882. The lowest BCUT2D eigenvalue weighted by Gasteiger charge is -2.02. The molecule has 0 atom stereocenters. The van der Waals surface area contributed by atoms with E-state index in [0.29, 0.717) is 11.5 Å². The van der Waals surface area contributed by atoms with Crippen molar-refractivity contribution in [3.05, 3.63) is 66.5 Å². The predicted octanol–water partition coefficient (Wildman–Crippen LogP) is 2.88. The lowest BCUT2D eigenvalue weighted by atomic mass is 10.2. The van der Waals surface area contributed by atoms with Crippen LogP contribution in [0.4, 0.5) is 11.6 Å². The molecule has 1 aromatic heterocycles. The summed E-state index contributed by atoms with van der Waals surface area (Å²) < 4.78 is 1.69. The van der Waals surface area contributed by atoms with Gasteiger partial charge in [-0.05, 0) is 30.3 Å². The number of anilines is 2. The summed E-state index contributed by atoms with van der Waals surface area (Å²) in [6.07, 6.45) is 1.64. The minimum Gasteiger partial charge on any atom is -0.323 e. The van der Waals surface area contributed by atoms with E-state index in [0.717, 1.165) is 11.4 Å². The topological polar surface area (TPSA) is 66.5 Å². The Labute approximate surface area is 116 Å². The molecule has 0 spiro atoms. The van der Waals surface area contributed by atoms with Crippen LogP contribution in [-0.2, 0) is 0 Å². The fourth-order valence-electron chi connectivity index (χ4n) is 1.82. The van der Waals surface area contributed by atoms with Gasteiger partial charge in [-0.2, -0.15) is 10.2 Å². The first-order valence-electron chi connectivity index (χ1n) is 6.09. The zero-order chi connectivity index (χ0) is 13.8. The van der Waals surface area contributed by atoms with E-state index < -0.39 is 0 Å². The third-order valence-electron chi connectivity index (χ3n) is 2.76. The van der Waals surface area contributed by atoms with Crippen LogP contribution in [0.25, 0.3) is 5.69 Å². The summed E-state index contributed by atoms with van der Waals surface area (Å²) in [6.45, 7) is 0. The van der Waals surface area contributed by atoms with Gasteiger partial charge >= 0.3 is 0 Å². The molecule has 0 bridgehead atoms. The molecular weight excluding hydrogens is 250 g/mol. The molecule has 0 aliphatic heterocycles. The molecule has 0 saturated heterocycles. The van der Waals surface area contributed by atoms with Crippen molar-refractivity contribution in [1.82, 2.24) is 14.8 Å². The Kier molecular flexibility index (Phi) is 3.13. The van der Waals surface area contributed by atoms with Gasteiger partial charge in [0.25, 0.3) is 0 Å². The van der Waals surface area contributed by atoms with Crippen LogP contribution in [-0.4, -0.2) is 14.8 Å². The summed E-state index contributed by atoms with van der Waals surface area (Å²) in [5, 5.41) is 16.3. The molecule has 0 aliphatic carbocycles. The van der Waals surface area contributed by atoms with Crippen molar-refractivity contribution in [1.29, 1.82) is 5.26 Å². The van der Waals surface area contributed by atoms with Gasteiger partial charge < -0.3 is 5.32 Å². The molecule has 0 amide bonds. The van der Waals surface area contributed by atoms with Gasteiger partial charge in [-0.3, -0.25) is 0 Å². The molecule has 0 radical (unpaired) electrons. The maximum atomic E-state index is 8.87. The number of hydrogen-bond acceptors (Lipinski definition) is 4. The zero-order valence-corrected chi connectivity index (χ0v) is 10.6. The average Bonchev–Trinajstić information content (AvgIpc) is 2.97. The third-order valence-corrected chi connectivity index (χ3v) is 2.76. The number of para-hydroxylation sites is 1. The van der Waals surface area contributed by atoms with Crippen LogP contribution in [0.2, 0.25) is 0 Å². The smallest absolute Gasteiger partial charge is 0.246 e. The van der Waals surface area contributed by atoms with E-state index in [1.54, 1.807) is 23.1 Å². The maximum Gasteiger partial charge on any atom is 0.246 e. The molecule has 96 valence electrons. The van der Waals surface area contributed by atoms with E-state index in [1.807, 2.05) is 42.5 Å². The van der Waals surface area contributed by atoms with Crippen LogP contribution >= 0.6 is 0 Å². The first kappa shape index (κ1) is 11.9. The van der Waals surface area contributed by atoms with E-state index in [4.69, 9.17) is 5.26 Å². The average molecular weight is 261 g/mol. The van der Waals surface area contributed by atoms with Crippen LogP contribution in [0.15, 0.2) is 60.9 Å². The number of rotatable bonds is 3. The molecular formula is C15H11N5. The van der Waals surface area contributed by atoms with Crippen molar-refractivity contribution in [2.45, 2.75) is 0 Å². The van der Waals surface area contributed by atoms with Crippen molar-refractivity contribution in [2.75, 3.05) is 5.32 Å². The van der Waals surface area contributed by atoms with Gasteiger partial charge in [-0.25, -0.2) is 4.68 Å². The second-order valence-corrected chi connectivity index (χ2v) is 4.17. The summed E-state index contributed by atoms with van der Waals surface area (Å²) in [7, 11) is 0. The van der Waals surface area contributed by atoms with Crippen LogP contribution in [0.1, 0.15) is 5.56 Å². The van der Waals surface area contributed by atoms with Crippen molar-refractivity contribution >= 4 is 11.6 Å². The minimum atomic E-state index is 0.490. The van der Waals surface area contributed by atoms with E-state index >= 15 is 0 Å². The third kappa shape index (κ3) is 2.49. The first-order chi connectivity index (χ1) is 9.85. The van der Waals surface area contributed by atoms with Crippen LogP contribution < -0.4 is 5.32 Å². The molecule has 20 heavy (non-hydrogen) atoms. The highest BCUT2D eigenvalue weighted by molar-refractivity contribution is 5.56. The molecule has 0 saturated carbocycles. The highest BCUT2D eigenvalue weighted by atomic mass is 15.4. The fraction of sp³-hybridized carbons (Fsp3) is 0. The van der Waals surface area contributed by atoms with Crippen LogP contribution in [0.3, 0.4) is 0 Å². The van der Waals surface area contributed by atoms with Gasteiger partial charge in [0.15, 0.2) is 0 Å². The quantitative estimate of drug-likeness (QED) is 0.787. The summed E-state index contributed by atoms with van der Waals surface area (Å²) in [4.78, 5) is 4.20. The Balaban J connectivity index is 1.83. The molecule has 1 N–H and O–H groups in total. The van der Waals surface area contributed by atoms with E-state index in [-0.39, 0.29) is 0 Å². The summed E-state index contributed by atoms with van der Waals surface area (Å²) in [5.41, 5.74) is 2.33. The van der Waals surface area contributed by atoms with Crippen molar-refractivity contribution < 1.29 is 0 Å². The molecule has 2 aromatic carbocycles. The molecule has 5 heteroatoms. The van der Waals surface area contributed by atoms with Crippen molar-refractivity contribution in [3.63, 3.8) is 0 Å². The van der Waals surface area contributed by atoms with E-state index in [1.165, 1.54) is 0 Å². The Morgan fingerprint density at radius 3 is 2.70 bits per heavy atom. The molecule has 5 nitrogen and oxygen atoms in total. The Bertz CT molecular complexity index is 755. The van der Waals surface area contributed by atoms with Gasteiger partial charge in [0.2, 0.25) is 5.95 Å². The molecule has 0 fully saturated rings. The Hall–Kier alpha value is -3.13. The normalized spacial score (nSPS) is 9.95. The molecule has 0 aliphatic rings. The zero-order valence-electron chi connectivity index (χ0n) is 10.6. The second-order valence-electron chi connectivity index (χ2n) is 4.17. The molecule has 1 heterocycles. The fourth-order valence-corrected chi connectivity index (χ4v) is 1.82. The van der Waals surface area contributed by atoms with Crippen molar-refractivity contribution in [3.8, 4) is 11.8 Å². The number of hydrogen-bond donors (Lipinski definition) is 1. The van der Waals surface area contributed by atoms with Gasteiger partial charge in [-0.15, -0.1) is 5.10 Å². The van der Waals surface area contributed by atoms with Gasteiger partial charge in [0, 0.05) is 5.69 Å². The number of nitrogens with one attached hydrogen (secondary N) is 1. The van der Waals surface area contributed by atoms with E-state index in [2.05, 4.69) is 21.5 Å². The number of nitrogens with zero attached hydrogens (tertiary/aromatic N) is 4. The number of nitriles is 1. The van der Waals surface area contributed by atoms with Gasteiger partial charge in [-0.1, -0.05) is 24.3 Å². The number of aromatic nitrogens is 3. The maximum absolute atomic E-state index is 8.87. The highest BCUT2D eigenvalue weighted by Gasteiger charge is 2.03. The summed E-state index contributed by atoms with van der Waals surface area (Å²) in [5.74, 6) is 0.490. The molecule has 3 rings (SSSR count). The first-order valence-corrected chi connectivity index (χ1v) is 6.09. The Morgan fingerprint density at radius 2 is 1.90 bits per heavy atom. The standard InChI is InChI=1S/C15H11N5/c16-10-12-5-4-6-13(9-12)18-15-17-11-20(19-15)14-7-2-1-3-8-14/h1-9,11H,(H,18,19). The van der Waals surface area contributed by atoms with Gasteiger partial charge in [0.05, 0.1) is 17.3 Å². The molecule has 0 unspecified atom stereocenters. The second kappa shape index (κ2) is 5.24.